The number of hydrogen-bond donors (Lipinski definition) is 0. The molecular formula is C22H36N2S4Zn. The molecule has 0 amide bonds. The zero-order chi connectivity index (χ0) is 19.9. The summed E-state index contributed by atoms with van der Waals surface area (Å²) in [5.74, 6) is 0. The summed E-state index contributed by atoms with van der Waals surface area (Å²) in [5.41, 5.74) is 0. The Bertz CT molecular complexity index is 431. The second kappa shape index (κ2) is 13.4. The van der Waals surface area contributed by atoms with Crippen LogP contribution in [0.2, 0.25) is 0 Å². The number of thiocarbonyl (C=S) groups is 2. The molecule has 0 aromatic carbocycles. The third kappa shape index (κ3) is 7.44. The standard InChI is InChI=1S/2C11H19NS2.Zn/c2*13-11(14)12(9-5-1-2-6-9)10-7-3-4-8-10;/h2*9-10H,1-8H2,(H,13,14);/q;;+2/p-2. The summed E-state index contributed by atoms with van der Waals surface area (Å²) in [4.78, 5) is 4.79. The molecule has 29 heavy (non-hydrogen) atoms. The van der Waals surface area contributed by atoms with E-state index in [0.29, 0.717) is 24.2 Å². The molecule has 0 spiro atoms. The fourth-order valence-electron chi connectivity index (χ4n) is 5.92. The molecule has 0 aliphatic heterocycles. The van der Waals surface area contributed by atoms with Crippen molar-refractivity contribution in [2.24, 2.45) is 0 Å². The number of nitrogens with zero attached hydrogens (tertiary/aromatic N) is 2. The second-order valence-electron chi connectivity index (χ2n) is 9.10. The molecule has 0 aromatic heterocycles. The molecule has 0 unspecified atom stereocenters. The first-order valence-corrected chi connectivity index (χ1v) is 13.2. The summed E-state index contributed by atoms with van der Waals surface area (Å²) in [5, 5.41) is 0. The molecule has 0 aromatic rings. The first-order valence-electron chi connectivity index (χ1n) is 11.6. The van der Waals surface area contributed by atoms with E-state index in [1.165, 1.54) is 103 Å². The fourth-order valence-corrected chi connectivity index (χ4v) is 7.11. The van der Waals surface area contributed by atoms with E-state index < -0.39 is 0 Å². The van der Waals surface area contributed by atoms with Crippen LogP contribution in [0.3, 0.4) is 0 Å². The molecule has 0 N–H and O–H groups in total. The Morgan fingerprint density at radius 2 is 0.655 bits per heavy atom. The Morgan fingerprint density at radius 3 is 0.793 bits per heavy atom. The molecule has 0 radical (unpaired) electrons. The Morgan fingerprint density at radius 1 is 0.483 bits per heavy atom. The molecule has 0 saturated heterocycles. The normalized spacial score (nSPS) is 23.4. The van der Waals surface area contributed by atoms with Gasteiger partial charge in [0.25, 0.3) is 0 Å². The quantitative estimate of drug-likeness (QED) is 0.252. The van der Waals surface area contributed by atoms with Crippen LogP contribution >= 0.6 is 24.4 Å². The van der Waals surface area contributed by atoms with Crippen LogP contribution in [0, 0.1) is 0 Å². The molecule has 4 fully saturated rings. The van der Waals surface area contributed by atoms with Gasteiger partial charge in [-0.1, -0.05) is 60.0 Å². The van der Waals surface area contributed by atoms with E-state index >= 15 is 0 Å². The zero-order valence-corrected chi connectivity index (χ0v) is 24.1. The molecule has 2 nitrogen and oxygen atoms in total. The van der Waals surface area contributed by atoms with Gasteiger partial charge in [-0.3, -0.25) is 0 Å². The van der Waals surface area contributed by atoms with Crippen LogP contribution in [0.1, 0.15) is 103 Å². The van der Waals surface area contributed by atoms with E-state index in [1.54, 1.807) is 0 Å². The summed E-state index contributed by atoms with van der Waals surface area (Å²) in [6.45, 7) is 0. The largest absolute Gasteiger partial charge is 2.00 e. The van der Waals surface area contributed by atoms with Crippen molar-refractivity contribution < 1.29 is 19.5 Å². The molecule has 4 rings (SSSR count). The molecule has 4 aliphatic carbocycles. The molecule has 0 bridgehead atoms. The first kappa shape index (κ1) is 26.1. The predicted octanol–water partition coefficient (Wildman–Crippen LogP) is 6.01. The molecule has 160 valence electrons. The average Bonchev–Trinajstić information content (AvgIpc) is 3.46. The van der Waals surface area contributed by atoms with E-state index in [-0.39, 0.29) is 19.5 Å². The van der Waals surface area contributed by atoms with Gasteiger partial charge in [-0.2, -0.15) is 0 Å². The monoisotopic (exact) mass is 520 g/mol. The van der Waals surface area contributed by atoms with E-state index in [1.807, 2.05) is 0 Å². The maximum atomic E-state index is 5.23. The van der Waals surface area contributed by atoms with E-state index in [0.717, 1.165) is 8.64 Å². The molecule has 4 aliphatic rings. The van der Waals surface area contributed by atoms with Crippen LogP contribution in [0.25, 0.3) is 0 Å². The minimum atomic E-state index is 0. The van der Waals surface area contributed by atoms with Gasteiger partial charge < -0.3 is 59.5 Å². The molecule has 4 saturated carbocycles. The van der Waals surface area contributed by atoms with Crippen LogP contribution in [-0.2, 0) is 44.7 Å². The van der Waals surface area contributed by atoms with Crippen LogP contribution in [0.4, 0.5) is 0 Å². The number of hydrogen-bond acceptors (Lipinski definition) is 4. The fraction of sp³-hybridized carbons (Fsp3) is 0.909. The minimum Gasteiger partial charge on any atom is -0.411 e. The van der Waals surface area contributed by atoms with Crippen molar-refractivity contribution in [3.05, 3.63) is 0 Å². The average molecular weight is 522 g/mol. The van der Waals surface area contributed by atoms with Crippen molar-refractivity contribution in [3.8, 4) is 0 Å². The maximum absolute atomic E-state index is 5.23. The van der Waals surface area contributed by atoms with Crippen molar-refractivity contribution in [2.75, 3.05) is 0 Å². The van der Waals surface area contributed by atoms with Crippen molar-refractivity contribution in [1.29, 1.82) is 0 Å². The summed E-state index contributed by atoms with van der Waals surface area (Å²) < 4.78 is 1.45. The number of rotatable bonds is 4. The van der Waals surface area contributed by atoms with Crippen molar-refractivity contribution in [3.63, 3.8) is 0 Å². The van der Waals surface area contributed by atoms with Gasteiger partial charge in [0.15, 0.2) is 0 Å². The summed E-state index contributed by atoms with van der Waals surface area (Å²) in [6, 6.07) is 2.73. The molecule has 0 atom stereocenters. The Hall–Kier alpha value is 0.843. The molecule has 0 heterocycles. The van der Waals surface area contributed by atoms with Gasteiger partial charge in [0.1, 0.15) is 0 Å². The Labute approximate surface area is 213 Å². The van der Waals surface area contributed by atoms with E-state index in [9.17, 15) is 0 Å². The third-order valence-corrected chi connectivity index (χ3v) is 8.14. The van der Waals surface area contributed by atoms with Gasteiger partial charge in [0.05, 0.1) is 0 Å². The summed E-state index contributed by atoms with van der Waals surface area (Å²) in [6.07, 6.45) is 21.4. The van der Waals surface area contributed by atoms with Crippen LogP contribution in [0.15, 0.2) is 0 Å². The van der Waals surface area contributed by atoms with Crippen LogP contribution in [-0.4, -0.2) is 42.6 Å². The third-order valence-electron chi connectivity index (χ3n) is 7.29. The first-order chi connectivity index (χ1) is 13.6. The van der Waals surface area contributed by atoms with Gasteiger partial charge >= 0.3 is 19.5 Å². The van der Waals surface area contributed by atoms with Crippen molar-refractivity contribution in [1.82, 2.24) is 9.80 Å². The topological polar surface area (TPSA) is 6.48 Å². The maximum Gasteiger partial charge on any atom is 2.00 e. The van der Waals surface area contributed by atoms with E-state index in [4.69, 9.17) is 49.7 Å². The van der Waals surface area contributed by atoms with Crippen molar-refractivity contribution >= 4 is 58.3 Å². The Balaban J connectivity index is 0.000000200. The van der Waals surface area contributed by atoms with Gasteiger partial charge in [-0.25, -0.2) is 0 Å². The van der Waals surface area contributed by atoms with Crippen molar-refractivity contribution in [2.45, 2.75) is 127 Å². The van der Waals surface area contributed by atoms with E-state index in [2.05, 4.69) is 9.80 Å². The summed E-state index contributed by atoms with van der Waals surface area (Å²) in [7, 11) is 0. The van der Waals surface area contributed by atoms with Crippen LogP contribution in [0.5, 0.6) is 0 Å². The predicted molar refractivity (Wildman–Crippen MR) is 133 cm³/mol. The minimum absolute atomic E-state index is 0. The summed E-state index contributed by atoms with van der Waals surface area (Å²) >= 11 is 20.9. The SMILES string of the molecule is S=C([S-])N(C1CCCC1)C1CCCC1.S=C([S-])N(C1CCCC1)C1CCCC1.[Zn+2]. The van der Waals surface area contributed by atoms with Crippen LogP contribution < -0.4 is 0 Å². The second-order valence-corrected chi connectivity index (χ2v) is 11.2. The van der Waals surface area contributed by atoms with Gasteiger partial charge in [0, 0.05) is 24.2 Å². The smallest absolute Gasteiger partial charge is 0.411 e. The van der Waals surface area contributed by atoms with Gasteiger partial charge in [-0.05, 0) is 51.4 Å². The molecular weight excluding hydrogens is 486 g/mol. The molecule has 7 heteroatoms. The van der Waals surface area contributed by atoms with Gasteiger partial charge in [-0.15, -0.1) is 0 Å². The Kier molecular flexibility index (Phi) is 12.1. The van der Waals surface area contributed by atoms with Gasteiger partial charge in [0.2, 0.25) is 0 Å². The zero-order valence-electron chi connectivity index (χ0n) is 17.9.